The number of carbonyl (C=O) groups is 1. The van der Waals surface area contributed by atoms with Crippen molar-refractivity contribution in [1.82, 2.24) is 15.5 Å². The standard InChI is InChI=1S/C13H18N4O3S/c18-13(15-10-3-1-5-14-9-10)11-4-2-6-17-7-8-21(19,20)16-12(11)17/h2,4,6,10,14H,1,3,5,7-9H2,(H,15,18). The molecule has 1 amide bonds. The van der Waals surface area contributed by atoms with E-state index < -0.39 is 10.0 Å². The van der Waals surface area contributed by atoms with Gasteiger partial charge < -0.3 is 15.5 Å². The Labute approximate surface area is 123 Å². The average Bonchev–Trinajstić information content (AvgIpc) is 2.46. The first kappa shape index (κ1) is 14.3. The van der Waals surface area contributed by atoms with Crippen molar-refractivity contribution in [2.75, 3.05) is 25.4 Å². The second-order valence-corrected chi connectivity index (χ2v) is 7.09. The molecule has 3 aliphatic heterocycles. The quantitative estimate of drug-likeness (QED) is 0.707. The number of sulfonamides is 1. The van der Waals surface area contributed by atoms with Crippen molar-refractivity contribution in [3.05, 3.63) is 23.9 Å². The van der Waals surface area contributed by atoms with Crippen LogP contribution in [0.5, 0.6) is 0 Å². The van der Waals surface area contributed by atoms with E-state index in [1.807, 2.05) is 0 Å². The van der Waals surface area contributed by atoms with Crippen LogP contribution in [0.2, 0.25) is 0 Å². The minimum atomic E-state index is -3.47. The van der Waals surface area contributed by atoms with E-state index >= 15 is 0 Å². The minimum Gasteiger partial charge on any atom is -0.348 e. The van der Waals surface area contributed by atoms with Crippen LogP contribution >= 0.6 is 0 Å². The van der Waals surface area contributed by atoms with Gasteiger partial charge in [-0.05, 0) is 31.5 Å². The molecule has 7 nitrogen and oxygen atoms in total. The molecule has 0 aromatic carbocycles. The Morgan fingerprint density at radius 1 is 1.48 bits per heavy atom. The van der Waals surface area contributed by atoms with Crippen molar-refractivity contribution >= 4 is 21.8 Å². The van der Waals surface area contributed by atoms with E-state index in [-0.39, 0.29) is 23.5 Å². The molecule has 1 unspecified atom stereocenters. The number of carbonyl (C=O) groups excluding carboxylic acids is 1. The van der Waals surface area contributed by atoms with Crippen LogP contribution in [0.3, 0.4) is 0 Å². The summed E-state index contributed by atoms with van der Waals surface area (Å²) in [5.74, 6) is -0.0682. The van der Waals surface area contributed by atoms with Crippen LogP contribution in [0.4, 0.5) is 0 Å². The topological polar surface area (TPSA) is 90.9 Å². The predicted octanol–water partition coefficient (Wildman–Crippen LogP) is -0.648. The molecule has 1 fully saturated rings. The van der Waals surface area contributed by atoms with E-state index in [9.17, 15) is 13.2 Å². The van der Waals surface area contributed by atoms with Gasteiger partial charge >= 0.3 is 0 Å². The molecular weight excluding hydrogens is 292 g/mol. The fraction of sp³-hybridized carbons (Fsp3) is 0.538. The van der Waals surface area contributed by atoms with Gasteiger partial charge in [0.2, 0.25) is 0 Å². The van der Waals surface area contributed by atoms with E-state index in [0.717, 1.165) is 25.9 Å². The second-order valence-electron chi connectivity index (χ2n) is 5.33. The number of hydrogen-bond acceptors (Lipinski definition) is 5. The van der Waals surface area contributed by atoms with Crippen LogP contribution < -0.4 is 10.6 Å². The number of nitrogens with zero attached hydrogens (tertiary/aromatic N) is 2. The van der Waals surface area contributed by atoms with Gasteiger partial charge in [-0.25, -0.2) is 8.42 Å². The van der Waals surface area contributed by atoms with Gasteiger partial charge in [0.05, 0.1) is 11.3 Å². The van der Waals surface area contributed by atoms with E-state index in [1.54, 1.807) is 23.3 Å². The van der Waals surface area contributed by atoms with Gasteiger partial charge in [-0.3, -0.25) is 4.79 Å². The number of rotatable bonds is 2. The summed E-state index contributed by atoms with van der Waals surface area (Å²) in [4.78, 5) is 14.1. The first-order chi connectivity index (χ1) is 10.1. The Morgan fingerprint density at radius 2 is 2.33 bits per heavy atom. The molecule has 1 atom stereocenters. The van der Waals surface area contributed by atoms with Crippen LogP contribution in [0.15, 0.2) is 28.3 Å². The number of fused-ring (bicyclic) bond motifs is 1. The van der Waals surface area contributed by atoms with Crippen molar-refractivity contribution in [3.63, 3.8) is 0 Å². The molecule has 1 saturated heterocycles. The average molecular weight is 310 g/mol. The molecule has 3 rings (SSSR count). The molecule has 3 heterocycles. The Hall–Kier alpha value is -1.67. The molecule has 0 spiro atoms. The molecule has 0 aromatic rings. The first-order valence-electron chi connectivity index (χ1n) is 7.05. The van der Waals surface area contributed by atoms with Crippen molar-refractivity contribution in [3.8, 4) is 0 Å². The van der Waals surface area contributed by atoms with E-state index in [1.165, 1.54) is 0 Å². The van der Waals surface area contributed by atoms with E-state index in [2.05, 4.69) is 15.0 Å². The summed E-state index contributed by atoms with van der Waals surface area (Å²) in [5.41, 5.74) is 0.311. The summed E-state index contributed by atoms with van der Waals surface area (Å²) in [6, 6.07) is 0.0762. The third kappa shape index (κ3) is 3.16. The SMILES string of the molecule is O=C(NC1CCCNC1)C1=CC=CN2CCS(=O)(=O)N=C12. The fourth-order valence-electron chi connectivity index (χ4n) is 2.63. The van der Waals surface area contributed by atoms with E-state index in [4.69, 9.17) is 0 Å². The lowest BCUT2D eigenvalue weighted by Gasteiger charge is -2.30. The largest absolute Gasteiger partial charge is 0.348 e. The zero-order valence-corrected chi connectivity index (χ0v) is 12.4. The summed E-state index contributed by atoms with van der Waals surface area (Å²) in [6.45, 7) is 2.03. The molecule has 0 radical (unpaired) electrons. The van der Waals surface area contributed by atoms with Gasteiger partial charge in [0, 0.05) is 25.3 Å². The van der Waals surface area contributed by atoms with Crippen LogP contribution in [-0.2, 0) is 14.8 Å². The number of nitrogens with one attached hydrogen (secondary N) is 2. The maximum atomic E-state index is 12.4. The number of hydrogen-bond donors (Lipinski definition) is 2. The lowest BCUT2D eigenvalue weighted by molar-refractivity contribution is -0.117. The molecule has 0 saturated carbocycles. The Kier molecular flexibility index (Phi) is 3.81. The van der Waals surface area contributed by atoms with Gasteiger partial charge in [0.1, 0.15) is 0 Å². The maximum Gasteiger partial charge on any atom is 0.256 e. The highest BCUT2D eigenvalue weighted by molar-refractivity contribution is 7.90. The molecule has 21 heavy (non-hydrogen) atoms. The lowest BCUT2D eigenvalue weighted by Crippen LogP contribution is -2.48. The minimum absolute atomic E-state index is 0.0255. The van der Waals surface area contributed by atoms with Crippen molar-refractivity contribution in [2.24, 2.45) is 4.40 Å². The van der Waals surface area contributed by atoms with Gasteiger partial charge in [0.25, 0.3) is 15.9 Å². The zero-order valence-electron chi connectivity index (χ0n) is 11.6. The normalized spacial score (nSPS) is 27.4. The third-order valence-electron chi connectivity index (χ3n) is 3.73. The summed E-state index contributed by atoms with van der Waals surface area (Å²) in [5, 5.41) is 6.17. The molecule has 8 heteroatoms. The summed E-state index contributed by atoms with van der Waals surface area (Å²) >= 11 is 0. The highest BCUT2D eigenvalue weighted by Gasteiger charge is 2.30. The Balaban J connectivity index is 1.79. The molecule has 2 N–H and O–H groups in total. The molecule has 3 aliphatic rings. The van der Waals surface area contributed by atoms with Crippen molar-refractivity contribution < 1.29 is 13.2 Å². The fourth-order valence-corrected chi connectivity index (χ4v) is 3.62. The van der Waals surface area contributed by atoms with Gasteiger partial charge in [0.15, 0.2) is 5.84 Å². The summed E-state index contributed by atoms with van der Waals surface area (Å²) < 4.78 is 27.1. The summed E-state index contributed by atoms with van der Waals surface area (Å²) in [6.07, 6.45) is 7.04. The van der Waals surface area contributed by atoms with Gasteiger partial charge in [-0.1, -0.05) is 0 Å². The van der Waals surface area contributed by atoms with Crippen molar-refractivity contribution in [2.45, 2.75) is 18.9 Å². The number of piperidine rings is 1. The van der Waals surface area contributed by atoms with Gasteiger partial charge in [-0.15, -0.1) is 4.40 Å². The van der Waals surface area contributed by atoms with Gasteiger partial charge in [-0.2, -0.15) is 0 Å². The number of amidine groups is 1. The smallest absolute Gasteiger partial charge is 0.256 e. The molecular formula is C13H18N4O3S. The highest BCUT2D eigenvalue weighted by Crippen LogP contribution is 2.18. The second kappa shape index (κ2) is 5.61. The molecule has 0 bridgehead atoms. The Bertz CT molecular complexity index is 630. The van der Waals surface area contributed by atoms with Crippen LogP contribution in [0, 0.1) is 0 Å². The van der Waals surface area contributed by atoms with Crippen LogP contribution in [0.25, 0.3) is 0 Å². The monoisotopic (exact) mass is 310 g/mol. The highest BCUT2D eigenvalue weighted by atomic mass is 32.2. The maximum absolute atomic E-state index is 12.4. The first-order valence-corrected chi connectivity index (χ1v) is 8.66. The predicted molar refractivity (Wildman–Crippen MR) is 79.2 cm³/mol. The molecule has 0 aromatic heterocycles. The zero-order chi connectivity index (χ0) is 14.9. The molecule has 0 aliphatic carbocycles. The lowest BCUT2D eigenvalue weighted by atomic mass is 10.1. The van der Waals surface area contributed by atoms with Crippen LogP contribution in [-0.4, -0.2) is 56.5 Å². The third-order valence-corrected chi connectivity index (χ3v) is 4.88. The Morgan fingerprint density at radius 3 is 3.10 bits per heavy atom. The number of allylic oxidation sites excluding steroid dienone is 2. The summed E-state index contributed by atoms with van der Waals surface area (Å²) in [7, 11) is -3.47. The number of amides is 1. The van der Waals surface area contributed by atoms with Crippen molar-refractivity contribution in [1.29, 1.82) is 0 Å². The molecule has 114 valence electrons. The van der Waals surface area contributed by atoms with Crippen LogP contribution in [0.1, 0.15) is 12.8 Å². The van der Waals surface area contributed by atoms with E-state index in [0.29, 0.717) is 12.1 Å².